The molecule has 2 N–H and O–H groups in total. The first-order chi connectivity index (χ1) is 7.83. The monoisotopic (exact) mass is 262 g/mol. The van der Waals surface area contributed by atoms with Gasteiger partial charge in [0.05, 0.1) is 26.3 Å². The Morgan fingerprint density at radius 3 is 3.00 bits per heavy atom. The lowest BCUT2D eigenvalue weighted by Gasteiger charge is -2.33. The van der Waals surface area contributed by atoms with E-state index in [4.69, 9.17) is 15.0 Å². The first-order valence-electron chi connectivity index (χ1n) is 5.66. The second-order valence-corrected chi connectivity index (χ2v) is 3.92. The summed E-state index contributed by atoms with van der Waals surface area (Å²) in [5.41, 5.74) is 5.42. The number of ether oxygens (including phenoxy) is 1. The molecule has 1 aromatic rings. The highest BCUT2D eigenvalue weighted by molar-refractivity contribution is 5.85. The van der Waals surface area contributed by atoms with Crippen molar-refractivity contribution < 1.29 is 9.26 Å². The van der Waals surface area contributed by atoms with E-state index in [0.717, 1.165) is 26.2 Å². The summed E-state index contributed by atoms with van der Waals surface area (Å²) < 4.78 is 10.4. The van der Waals surface area contributed by atoms with Gasteiger partial charge in [0, 0.05) is 12.6 Å². The van der Waals surface area contributed by atoms with Crippen LogP contribution in [0.15, 0.2) is 4.52 Å². The van der Waals surface area contributed by atoms with Crippen LogP contribution < -0.4 is 5.73 Å². The SMILES string of the molecule is CCC1COCCN1Cc1noc(CN)n1.Cl. The largest absolute Gasteiger partial charge is 0.378 e. The average Bonchev–Trinajstić information content (AvgIpc) is 2.77. The number of nitrogens with zero attached hydrogens (tertiary/aromatic N) is 3. The van der Waals surface area contributed by atoms with Crippen molar-refractivity contribution in [1.82, 2.24) is 15.0 Å². The third-order valence-electron chi connectivity index (χ3n) is 2.85. The summed E-state index contributed by atoms with van der Waals surface area (Å²) in [6.45, 7) is 5.66. The average molecular weight is 263 g/mol. The van der Waals surface area contributed by atoms with Crippen molar-refractivity contribution in [2.45, 2.75) is 32.5 Å². The van der Waals surface area contributed by atoms with Crippen LogP contribution in [0.4, 0.5) is 0 Å². The van der Waals surface area contributed by atoms with Crippen molar-refractivity contribution >= 4 is 12.4 Å². The molecule has 1 aliphatic heterocycles. The lowest BCUT2D eigenvalue weighted by molar-refractivity contribution is -0.0140. The molecule has 0 bridgehead atoms. The van der Waals surface area contributed by atoms with Crippen LogP contribution in [0.25, 0.3) is 0 Å². The molecule has 98 valence electrons. The topological polar surface area (TPSA) is 77.4 Å². The summed E-state index contributed by atoms with van der Waals surface area (Å²) in [6.07, 6.45) is 1.07. The van der Waals surface area contributed by atoms with E-state index in [1.165, 1.54) is 0 Å². The van der Waals surface area contributed by atoms with Gasteiger partial charge in [0.2, 0.25) is 5.89 Å². The Hall–Kier alpha value is -0.690. The molecule has 7 heteroatoms. The molecule has 1 saturated heterocycles. The second-order valence-electron chi connectivity index (χ2n) is 3.92. The molecule has 1 aromatic heterocycles. The van der Waals surface area contributed by atoms with Gasteiger partial charge >= 0.3 is 0 Å². The van der Waals surface area contributed by atoms with Crippen LogP contribution in [-0.4, -0.2) is 40.8 Å². The zero-order valence-electron chi connectivity index (χ0n) is 9.96. The van der Waals surface area contributed by atoms with Crippen molar-refractivity contribution in [1.29, 1.82) is 0 Å². The summed E-state index contributed by atoms with van der Waals surface area (Å²) in [5, 5.41) is 3.90. The Morgan fingerprint density at radius 2 is 2.35 bits per heavy atom. The normalized spacial score (nSPS) is 21.2. The highest BCUT2D eigenvalue weighted by atomic mass is 35.5. The Labute approximate surface area is 107 Å². The zero-order chi connectivity index (χ0) is 11.4. The molecule has 0 aliphatic carbocycles. The Morgan fingerprint density at radius 1 is 1.53 bits per heavy atom. The molecular weight excluding hydrogens is 244 g/mol. The molecule has 1 fully saturated rings. The van der Waals surface area contributed by atoms with E-state index in [0.29, 0.717) is 30.8 Å². The molecule has 2 heterocycles. The van der Waals surface area contributed by atoms with Gasteiger partial charge in [-0.15, -0.1) is 12.4 Å². The number of hydrogen-bond donors (Lipinski definition) is 1. The van der Waals surface area contributed by atoms with Gasteiger partial charge in [-0.1, -0.05) is 12.1 Å². The Bertz CT molecular complexity index is 334. The van der Waals surface area contributed by atoms with Crippen LogP contribution in [0.3, 0.4) is 0 Å². The molecule has 1 aliphatic rings. The summed E-state index contributed by atoms with van der Waals surface area (Å²) >= 11 is 0. The van der Waals surface area contributed by atoms with E-state index in [1.807, 2.05) is 0 Å². The van der Waals surface area contributed by atoms with Gasteiger partial charge in [0.25, 0.3) is 0 Å². The highest BCUT2D eigenvalue weighted by Crippen LogP contribution is 2.13. The number of hydrogen-bond acceptors (Lipinski definition) is 6. The van der Waals surface area contributed by atoms with Crippen LogP contribution in [0.2, 0.25) is 0 Å². The molecule has 0 amide bonds. The van der Waals surface area contributed by atoms with Crippen LogP contribution in [0.1, 0.15) is 25.1 Å². The maximum absolute atomic E-state index is 5.44. The smallest absolute Gasteiger partial charge is 0.240 e. The van der Waals surface area contributed by atoms with Crippen molar-refractivity contribution in [3.05, 3.63) is 11.7 Å². The Balaban J connectivity index is 0.00000144. The summed E-state index contributed by atoms with van der Waals surface area (Å²) in [6, 6.07) is 0.452. The maximum Gasteiger partial charge on any atom is 0.240 e. The molecule has 0 radical (unpaired) electrons. The van der Waals surface area contributed by atoms with E-state index in [-0.39, 0.29) is 12.4 Å². The van der Waals surface area contributed by atoms with Gasteiger partial charge in [0.15, 0.2) is 5.82 Å². The number of aromatic nitrogens is 2. The van der Waals surface area contributed by atoms with Crippen LogP contribution >= 0.6 is 12.4 Å². The lowest BCUT2D eigenvalue weighted by Crippen LogP contribution is -2.44. The minimum atomic E-state index is 0. The van der Waals surface area contributed by atoms with Gasteiger partial charge in [-0.3, -0.25) is 4.90 Å². The fraction of sp³-hybridized carbons (Fsp3) is 0.800. The predicted octanol–water partition coefficient (Wildman–Crippen LogP) is 0.561. The van der Waals surface area contributed by atoms with E-state index in [9.17, 15) is 0 Å². The van der Waals surface area contributed by atoms with Crippen molar-refractivity contribution in [2.75, 3.05) is 19.8 Å². The molecule has 1 unspecified atom stereocenters. The van der Waals surface area contributed by atoms with E-state index in [2.05, 4.69) is 22.0 Å². The van der Waals surface area contributed by atoms with Gasteiger partial charge in [-0.25, -0.2) is 0 Å². The molecular formula is C10H19ClN4O2. The standard InChI is InChI=1S/C10H18N4O2.ClH/c1-2-8-7-15-4-3-14(8)6-9-12-10(5-11)16-13-9;/h8H,2-7,11H2,1H3;1H. The summed E-state index contributed by atoms with van der Waals surface area (Å²) in [7, 11) is 0. The van der Waals surface area contributed by atoms with E-state index < -0.39 is 0 Å². The summed E-state index contributed by atoms with van der Waals surface area (Å²) in [5.74, 6) is 1.21. The minimum Gasteiger partial charge on any atom is -0.378 e. The molecule has 0 aromatic carbocycles. The van der Waals surface area contributed by atoms with Crippen molar-refractivity contribution in [2.24, 2.45) is 5.73 Å². The van der Waals surface area contributed by atoms with E-state index in [1.54, 1.807) is 0 Å². The lowest BCUT2D eigenvalue weighted by atomic mass is 10.2. The predicted molar refractivity (Wildman–Crippen MR) is 64.7 cm³/mol. The number of halogens is 1. The van der Waals surface area contributed by atoms with Crippen LogP contribution in [0.5, 0.6) is 0 Å². The minimum absolute atomic E-state index is 0. The van der Waals surface area contributed by atoms with Crippen molar-refractivity contribution in [3.8, 4) is 0 Å². The van der Waals surface area contributed by atoms with Crippen molar-refractivity contribution in [3.63, 3.8) is 0 Å². The van der Waals surface area contributed by atoms with Gasteiger partial charge < -0.3 is 15.0 Å². The third-order valence-corrected chi connectivity index (χ3v) is 2.85. The zero-order valence-corrected chi connectivity index (χ0v) is 10.8. The number of morpholine rings is 1. The summed E-state index contributed by atoms with van der Waals surface area (Å²) in [4.78, 5) is 6.53. The van der Waals surface area contributed by atoms with Gasteiger partial charge in [0.1, 0.15) is 0 Å². The van der Waals surface area contributed by atoms with Gasteiger partial charge in [-0.05, 0) is 6.42 Å². The highest BCUT2D eigenvalue weighted by Gasteiger charge is 2.22. The number of rotatable bonds is 4. The molecule has 1 atom stereocenters. The first kappa shape index (κ1) is 14.4. The molecule has 0 saturated carbocycles. The quantitative estimate of drug-likeness (QED) is 0.854. The first-order valence-corrected chi connectivity index (χ1v) is 5.66. The van der Waals surface area contributed by atoms with E-state index >= 15 is 0 Å². The maximum atomic E-state index is 5.44. The molecule has 2 rings (SSSR count). The number of nitrogens with two attached hydrogens (primary N) is 1. The fourth-order valence-corrected chi connectivity index (χ4v) is 1.89. The Kier molecular flexibility index (Phi) is 5.84. The molecule has 0 spiro atoms. The van der Waals surface area contributed by atoms with Crippen LogP contribution in [0, 0.1) is 0 Å². The van der Waals surface area contributed by atoms with Crippen LogP contribution in [-0.2, 0) is 17.8 Å². The molecule has 17 heavy (non-hydrogen) atoms. The molecule has 6 nitrogen and oxygen atoms in total. The third kappa shape index (κ3) is 3.64. The second kappa shape index (κ2) is 6.90. The van der Waals surface area contributed by atoms with Gasteiger partial charge in [-0.2, -0.15) is 4.98 Å². The fourth-order valence-electron chi connectivity index (χ4n) is 1.89.